The van der Waals surface area contributed by atoms with Crippen LogP contribution in [0.15, 0.2) is 30.3 Å². The molecule has 1 N–H and O–H groups in total. The van der Waals surface area contributed by atoms with Gasteiger partial charge in [0, 0.05) is 18.2 Å². The molecule has 3 rings (SSSR count). The quantitative estimate of drug-likeness (QED) is 0.941. The molecule has 0 spiro atoms. The van der Waals surface area contributed by atoms with Crippen molar-refractivity contribution in [1.82, 2.24) is 15.1 Å². The first-order chi connectivity index (χ1) is 10.1. The highest BCUT2D eigenvalue weighted by molar-refractivity contribution is 5.73. The summed E-state index contributed by atoms with van der Waals surface area (Å²) in [6.07, 6.45) is 3.14. The van der Waals surface area contributed by atoms with Crippen LogP contribution in [-0.2, 0) is 17.8 Å². The Kier molecular flexibility index (Phi) is 3.78. The Morgan fingerprint density at radius 3 is 2.86 bits per heavy atom. The normalized spacial score (nSPS) is 17.3. The maximum absolute atomic E-state index is 11.4. The zero-order chi connectivity index (χ0) is 14.8. The average molecular weight is 283 g/mol. The summed E-state index contributed by atoms with van der Waals surface area (Å²) in [4.78, 5) is 11.4. The molecule has 0 saturated heterocycles. The Morgan fingerprint density at radius 2 is 2.14 bits per heavy atom. The minimum atomic E-state index is 0.0306. The summed E-state index contributed by atoms with van der Waals surface area (Å²) < 4.78 is 2.11. The van der Waals surface area contributed by atoms with E-state index in [2.05, 4.69) is 34.3 Å². The van der Waals surface area contributed by atoms with Crippen LogP contribution in [0.5, 0.6) is 0 Å². The fourth-order valence-electron chi connectivity index (χ4n) is 3.25. The van der Waals surface area contributed by atoms with E-state index in [0.29, 0.717) is 0 Å². The molecule has 0 fully saturated rings. The van der Waals surface area contributed by atoms with E-state index in [1.54, 1.807) is 6.92 Å². The summed E-state index contributed by atoms with van der Waals surface area (Å²) in [5, 5.41) is 7.77. The van der Waals surface area contributed by atoms with E-state index in [0.717, 1.165) is 31.5 Å². The van der Waals surface area contributed by atoms with Crippen molar-refractivity contribution in [3.8, 4) is 0 Å². The third-order valence-electron chi connectivity index (χ3n) is 4.09. The Balaban J connectivity index is 1.92. The molecule has 0 aliphatic heterocycles. The highest BCUT2D eigenvalue weighted by Crippen LogP contribution is 2.32. The molecule has 1 atom stereocenters. The molecule has 0 radical (unpaired) electrons. The zero-order valence-corrected chi connectivity index (χ0v) is 12.6. The van der Waals surface area contributed by atoms with Crippen molar-refractivity contribution in [2.45, 2.75) is 45.7 Å². The molecule has 4 nitrogen and oxygen atoms in total. The van der Waals surface area contributed by atoms with Gasteiger partial charge in [0.15, 0.2) is 0 Å². The number of benzene rings is 1. The summed E-state index contributed by atoms with van der Waals surface area (Å²) in [5.41, 5.74) is 4.80. The van der Waals surface area contributed by atoms with Gasteiger partial charge in [-0.3, -0.25) is 9.48 Å². The van der Waals surface area contributed by atoms with Crippen LogP contribution in [0.4, 0.5) is 0 Å². The molecule has 4 heteroatoms. The highest BCUT2D eigenvalue weighted by atomic mass is 16.1. The molecular weight excluding hydrogens is 262 g/mol. The highest BCUT2D eigenvalue weighted by Gasteiger charge is 2.27. The molecule has 1 aliphatic rings. The first-order valence-corrected chi connectivity index (χ1v) is 7.52. The van der Waals surface area contributed by atoms with Crippen LogP contribution >= 0.6 is 0 Å². The monoisotopic (exact) mass is 283 g/mol. The Morgan fingerprint density at radius 1 is 1.38 bits per heavy atom. The van der Waals surface area contributed by atoms with E-state index in [1.807, 2.05) is 13.0 Å². The first-order valence-electron chi connectivity index (χ1n) is 7.52. The molecule has 0 saturated carbocycles. The van der Waals surface area contributed by atoms with Crippen LogP contribution < -0.4 is 5.32 Å². The number of aryl methyl sites for hydroxylation is 1. The summed E-state index contributed by atoms with van der Waals surface area (Å²) in [7, 11) is 0. The topological polar surface area (TPSA) is 46.9 Å². The summed E-state index contributed by atoms with van der Waals surface area (Å²) in [5.74, 6) is 0.0306. The molecule has 1 aliphatic carbocycles. The lowest BCUT2D eigenvalue weighted by atomic mass is 9.91. The molecule has 2 aromatic rings. The predicted molar refractivity (Wildman–Crippen MR) is 82.0 cm³/mol. The number of amides is 1. The van der Waals surface area contributed by atoms with E-state index >= 15 is 0 Å². The van der Waals surface area contributed by atoms with Gasteiger partial charge in [-0.1, -0.05) is 30.3 Å². The number of rotatable bonds is 3. The lowest BCUT2D eigenvalue weighted by molar-refractivity contribution is -0.119. The lowest BCUT2D eigenvalue weighted by Crippen LogP contribution is -2.29. The number of hydrogen-bond acceptors (Lipinski definition) is 2. The van der Waals surface area contributed by atoms with Gasteiger partial charge < -0.3 is 5.32 Å². The van der Waals surface area contributed by atoms with Crippen LogP contribution in [0.25, 0.3) is 0 Å². The molecule has 0 unspecified atom stereocenters. The number of nitrogens with zero attached hydrogens (tertiary/aromatic N) is 2. The third-order valence-corrected chi connectivity index (χ3v) is 4.09. The van der Waals surface area contributed by atoms with E-state index in [9.17, 15) is 4.79 Å². The van der Waals surface area contributed by atoms with Gasteiger partial charge in [-0.2, -0.15) is 5.10 Å². The second-order valence-electron chi connectivity index (χ2n) is 5.73. The smallest absolute Gasteiger partial charge is 0.217 e. The number of nitrogens with one attached hydrogen (secondary N) is 1. The number of fused-ring (bicyclic) bond motifs is 1. The van der Waals surface area contributed by atoms with Gasteiger partial charge in [-0.15, -0.1) is 0 Å². The third kappa shape index (κ3) is 2.84. The molecule has 1 heterocycles. The van der Waals surface area contributed by atoms with E-state index in [4.69, 9.17) is 5.10 Å². The minimum Gasteiger partial charge on any atom is -0.349 e. The number of aromatic nitrogens is 2. The van der Waals surface area contributed by atoms with Gasteiger partial charge >= 0.3 is 0 Å². The predicted octanol–water partition coefficient (Wildman–Crippen LogP) is 2.75. The fourth-order valence-corrected chi connectivity index (χ4v) is 3.25. The van der Waals surface area contributed by atoms with Crippen molar-refractivity contribution in [2.75, 3.05) is 0 Å². The SMILES string of the molecule is CC(=O)N[C@@H]1CCCc2c1c(C)nn2Cc1ccccc1. The Labute approximate surface area is 125 Å². The molecule has 0 bridgehead atoms. The first kappa shape index (κ1) is 13.9. The summed E-state index contributed by atoms with van der Waals surface area (Å²) in [6, 6.07) is 10.5. The second kappa shape index (κ2) is 5.72. The van der Waals surface area contributed by atoms with Gasteiger partial charge in [0.2, 0.25) is 5.91 Å². The number of carbonyl (C=O) groups is 1. The Hall–Kier alpha value is -2.10. The number of carbonyl (C=O) groups excluding carboxylic acids is 1. The molecule has 1 aromatic heterocycles. The lowest BCUT2D eigenvalue weighted by Gasteiger charge is -2.24. The van der Waals surface area contributed by atoms with E-state index < -0.39 is 0 Å². The van der Waals surface area contributed by atoms with Crippen molar-refractivity contribution in [1.29, 1.82) is 0 Å². The maximum atomic E-state index is 11.4. The van der Waals surface area contributed by atoms with Gasteiger partial charge in [-0.05, 0) is 31.7 Å². The maximum Gasteiger partial charge on any atom is 0.217 e. The molecule has 110 valence electrons. The van der Waals surface area contributed by atoms with E-state index in [1.165, 1.54) is 16.8 Å². The number of hydrogen-bond donors (Lipinski definition) is 1. The van der Waals surface area contributed by atoms with Crippen molar-refractivity contribution in [3.05, 3.63) is 52.8 Å². The summed E-state index contributed by atoms with van der Waals surface area (Å²) >= 11 is 0. The van der Waals surface area contributed by atoms with Crippen LogP contribution in [0.3, 0.4) is 0 Å². The molecule has 1 amide bonds. The molecule has 1 aromatic carbocycles. The van der Waals surface area contributed by atoms with Gasteiger partial charge in [0.1, 0.15) is 0 Å². The van der Waals surface area contributed by atoms with Crippen molar-refractivity contribution < 1.29 is 4.79 Å². The molecule has 21 heavy (non-hydrogen) atoms. The van der Waals surface area contributed by atoms with Crippen molar-refractivity contribution >= 4 is 5.91 Å². The summed E-state index contributed by atoms with van der Waals surface area (Å²) in [6.45, 7) is 4.42. The van der Waals surface area contributed by atoms with Crippen LogP contribution in [0, 0.1) is 6.92 Å². The average Bonchev–Trinajstić information content (AvgIpc) is 2.77. The zero-order valence-electron chi connectivity index (χ0n) is 12.6. The standard InChI is InChI=1S/C17H21N3O/c1-12-17-15(18-13(2)21)9-6-10-16(17)20(19-12)11-14-7-4-3-5-8-14/h3-5,7-8,15H,6,9-11H2,1-2H3,(H,18,21)/t15-/m1/s1. The Bertz CT molecular complexity index is 646. The van der Waals surface area contributed by atoms with Gasteiger partial charge in [0.05, 0.1) is 18.3 Å². The van der Waals surface area contributed by atoms with Crippen LogP contribution in [-0.4, -0.2) is 15.7 Å². The molecular formula is C17H21N3O. The van der Waals surface area contributed by atoms with Gasteiger partial charge in [-0.25, -0.2) is 0 Å². The van der Waals surface area contributed by atoms with Crippen LogP contribution in [0.1, 0.15) is 48.3 Å². The van der Waals surface area contributed by atoms with Crippen molar-refractivity contribution in [3.63, 3.8) is 0 Å². The second-order valence-corrected chi connectivity index (χ2v) is 5.73. The van der Waals surface area contributed by atoms with Gasteiger partial charge in [0.25, 0.3) is 0 Å². The fraction of sp³-hybridized carbons (Fsp3) is 0.412. The van der Waals surface area contributed by atoms with E-state index in [-0.39, 0.29) is 11.9 Å². The minimum absolute atomic E-state index is 0.0306. The largest absolute Gasteiger partial charge is 0.349 e. The van der Waals surface area contributed by atoms with Crippen molar-refractivity contribution in [2.24, 2.45) is 0 Å². The van der Waals surface area contributed by atoms with Crippen LogP contribution in [0.2, 0.25) is 0 Å².